The first-order chi connectivity index (χ1) is 5.26. The van der Waals surface area contributed by atoms with Crippen molar-refractivity contribution in [3.63, 3.8) is 0 Å². The average molecular weight is 241 g/mol. The zero-order valence-corrected chi connectivity index (χ0v) is 10.1. The van der Waals surface area contributed by atoms with Crippen LogP contribution in [0.15, 0.2) is 18.2 Å². The first kappa shape index (κ1) is 12.1. The van der Waals surface area contributed by atoms with Crippen LogP contribution in [0.2, 0.25) is 0 Å². The van der Waals surface area contributed by atoms with Crippen molar-refractivity contribution in [3.05, 3.63) is 18.2 Å². The molecule has 0 aliphatic rings. The van der Waals surface area contributed by atoms with Crippen molar-refractivity contribution in [1.82, 2.24) is 0 Å². The van der Waals surface area contributed by atoms with Crippen molar-refractivity contribution in [2.45, 2.75) is 0 Å². The molecule has 12 heavy (non-hydrogen) atoms. The van der Waals surface area contributed by atoms with Gasteiger partial charge < -0.3 is 17.0 Å². The number of methoxy groups -OCH3 is 2. The van der Waals surface area contributed by atoms with E-state index >= 15 is 0 Å². The number of halogens is 1. The van der Waals surface area contributed by atoms with Crippen molar-refractivity contribution in [1.29, 1.82) is 0 Å². The van der Waals surface area contributed by atoms with Crippen molar-refractivity contribution >= 4 is 25.4 Å². The molecule has 0 aromatic heterocycles. The molecular formula is C8H9BrMgO2. The van der Waals surface area contributed by atoms with Gasteiger partial charge in [0.2, 0.25) is 0 Å². The number of rotatable bonds is 2. The monoisotopic (exact) mass is 240 g/mol. The molecule has 0 fully saturated rings. The van der Waals surface area contributed by atoms with E-state index < -0.39 is 0 Å². The molecule has 62 valence electrons. The van der Waals surface area contributed by atoms with E-state index in [2.05, 4.69) is 0 Å². The Kier molecular flexibility index (Phi) is 5.70. The van der Waals surface area contributed by atoms with E-state index in [-0.39, 0.29) is 17.0 Å². The number of ether oxygens (including phenoxy) is 2. The van der Waals surface area contributed by atoms with Crippen LogP contribution in [0, 0.1) is 0 Å². The number of hydrogen-bond donors (Lipinski definition) is 0. The van der Waals surface area contributed by atoms with Crippen LogP contribution in [0.4, 0.5) is 0 Å². The van der Waals surface area contributed by atoms with Crippen LogP contribution in [0.3, 0.4) is 0 Å². The summed E-state index contributed by atoms with van der Waals surface area (Å²) in [7, 11) is 3.30. The predicted octanol–water partition coefficient (Wildman–Crippen LogP) is -2.50. The van der Waals surface area contributed by atoms with Crippen LogP contribution in [-0.4, -0.2) is 35.9 Å². The van der Waals surface area contributed by atoms with Gasteiger partial charge in [0, 0.05) is 0 Å². The topological polar surface area (TPSA) is 18.5 Å². The Hall–Kier alpha value is 0.0662. The maximum atomic E-state index is 5.06. The molecular weight excluding hydrogens is 232 g/mol. The van der Waals surface area contributed by atoms with Crippen LogP contribution in [0.5, 0.6) is 11.5 Å². The smallest absolute Gasteiger partial charge is 1.00 e. The van der Waals surface area contributed by atoms with Crippen LogP contribution in [0.25, 0.3) is 0 Å². The second kappa shape index (κ2) is 5.67. The predicted molar refractivity (Wildman–Crippen MR) is 44.9 cm³/mol. The molecule has 0 saturated carbocycles. The SMILES string of the molecule is COc1c[c]([Mg+])cc(OC)c1.[Br-]. The Labute approximate surface area is 95.5 Å². The van der Waals surface area contributed by atoms with E-state index in [0.29, 0.717) is 0 Å². The van der Waals surface area contributed by atoms with Crippen LogP contribution in [0.1, 0.15) is 0 Å². The van der Waals surface area contributed by atoms with Gasteiger partial charge in [-0.25, -0.2) is 0 Å². The summed E-state index contributed by atoms with van der Waals surface area (Å²) in [5.74, 6) is 1.68. The fraction of sp³-hybridized carbons (Fsp3) is 0.250. The minimum Gasteiger partial charge on any atom is -1.00 e. The first-order valence-electron chi connectivity index (χ1n) is 3.31. The summed E-state index contributed by atoms with van der Waals surface area (Å²) in [5.41, 5.74) is 0. The molecule has 0 unspecified atom stereocenters. The molecule has 1 aromatic carbocycles. The van der Waals surface area contributed by atoms with Gasteiger partial charge in [0.05, 0.1) is 0 Å². The van der Waals surface area contributed by atoms with E-state index in [0.717, 1.165) is 11.5 Å². The zero-order chi connectivity index (χ0) is 8.27. The molecule has 4 heteroatoms. The van der Waals surface area contributed by atoms with Crippen molar-refractivity contribution < 1.29 is 26.5 Å². The summed E-state index contributed by atoms with van der Waals surface area (Å²) < 4.78 is 11.3. The van der Waals surface area contributed by atoms with E-state index in [9.17, 15) is 0 Å². The standard InChI is InChI=1S/C8H9O2.BrH.Mg/c1-9-7-4-3-5-8(6-7)10-2;;/h4-6H,1-2H3;1H;/q;;+1/p-1. The molecule has 0 bridgehead atoms. The Morgan fingerprint density at radius 1 is 1.00 bits per heavy atom. The van der Waals surface area contributed by atoms with Crippen LogP contribution < -0.4 is 30.1 Å². The second-order valence-electron chi connectivity index (χ2n) is 2.22. The van der Waals surface area contributed by atoms with E-state index in [1.165, 1.54) is 3.69 Å². The molecule has 0 atom stereocenters. The quantitative estimate of drug-likeness (QED) is 0.533. The average Bonchev–Trinajstić information content (AvgIpc) is 2.03. The van der Waals surface area contributed by atoms with E-state index in [1.807, 2.05) is 39.9 Å². The van der Waals surface area contributed by atoms with Gasteiger partial charge in [-0.15, -0.1) is 0 Å². The molecule has 0 heterocycles. The van der Waals surface area contributed by atoms with Gasteiger partial charge in [-0.3, -0.25) is 0 Å². The summed E-state index contributed by atoms with van der Waals surface area (Å²) in [6, 6.07) is 5.80. The van der Waals surface area contributed by atoms with Gasteiger partial charge >= 0.3 is 78.8 Å². The molecule has 1 aromatic rings. The van der Waals surface area contributed by atoms with Crippen molar-refractivity contribution in [3.8, 4) is 11.5 Å². The van der Waals surface area contributed by atoms with Gasteiger partial charge in [0.25, 0.3) is 0 Å². The van der Waals surface area contributed by atoms with Crippen molar-refractivity contribution in [2.24, 2.45) is 0 Å². The molecule has 0 radical (unpaired) electrons. The van der Waals surface area contributed by atoms with Gasteiger partial charge in [-0.1, -0.05) is 0 Å². The fourth-order valence-electron chi connectivity index (χ4n) is 0.866. The minimum atomic E-state index is 0. The number of benzene rings is 1. The third kappa shape index (κ3) is 3.21. The molecule has 0 saturated heterocycles. The summed E-state index contributed by atoms with van der Waals surface area (Å²) >= 11 is 1.81. The van der Waals surface area contributed by atoms with Crippen LogP contribution >= 0.6 is 0 Å². The minimum absolute atomic E-state index is 0. The molecule has 1 rings (SSSR count). The molecule has 0 N–H and O–H groups in total. The summed E-state index contributed by atoms with van der Waals surface area (Å²) in [4.78, 5) is 0. The van der Waals surface area contributed by atoms with Crippen molar-refractivity contribution in [2.75, 3.05) is 14.2 Å². The van der Waals surface area contributed by atoms with Crippen LogP contribution in [-0.2, 0) is 0 Å². The Bertz CT molecular complexity index is 231. The Morgan fingerprint density at radius 3 is 1.75 bits per heavy atom. The Balaban J connectivity index is 0.00000121. The molecule has 0 aliphatic heterocycles. The molecule has 2 nitrogen and oxygen atoms in total. The molecule has 0 spiro atoms. The maximum Gasteiger partial charge on any atom is -1.00 e. The third-order valence-electron chi connectivity index (χ3n) is 1.41. The number of hydrogen-bond acceptors (Lipinski definition) is 2. The fourth-order valence-corrected chi connectivity index (χ4v) is 1.27. The summed E-state index contributed by atoms with van der Waals surface area (Å²) in [6.07, 6.45) is 0. The van der Waals surface area contributed by atoms with E-state index in [1.54, 1.807) is 14.2 Å². The maximum absolute atomic E-state index is 5.06. The zero-order valence-electron chi connectivity index (χ0n) is 7.13. The Morgan fingerprint density at radius 2 is 1.42 bits per heavy atom. The van der Waals surface area contributed by atoms with E-state index in [4.69, 9.17) is 9.47 Å². The van der Waals surface area contributed by atoms with Gasteiger partial charge in [0.15, 0.2) is 0 Å². The second-order valence-corrected chi connectivity index (χ2v) is 3.04. The third-order valence-corrected chi connectivity index (χ3v) is 1.82. The molecule has 0 aliphatic carbocycles. The summed E-state index contributed by atoms with van der Waals surface area (Å²) in [5, 5.41) is 0. The normalized spacial score (nSPS) is 8.67. The van der Waals surface area contributed by atoms with Gasteiger partial charge in [-0.05, 0) is 0 Å². The first-order valence-corrected chi connectivity index (χ1v) is 4.02. The molecule has 0 amide bonds. The van der Waals surface area contributed by atoms with Gasteiger partial charge in [0.1, 0.15) is 0 Å². The largest absolute Gasteiger partial charge is 1.00 e. The summed E-state index contributed by atoms with van der Waals surface area (Å²) in [6.45, 7) is 0. The van der Waals surface area contributed by atoms with Gasteiger partial charge in [-0.2, -0.15) is 0 Å².